The molecule has 0 aromatic rings. The van der Waals surface area contributed by atoms with Crippen molar-refractivity contribution in [1.29, 1.82) is 0 Å². The Hall–Kier alpha value is -3.90. The van der Waals surface area contributed by atoms with E-state index in [1.807, 2.05) is 66.8 Å². The van der Waals surface area contributed by atoms with Crippen molar-refractivity contribution < 1.29 is 52.6 Å². The number of rotatable bonds is 39. The third-order valence-corrected chi connectivity index (χ3v) is 9.55. The smallest absolute Gasteiger partial charge is 0.472 e. The van der Waals surface area contributed by atoms with Crippen molar-refractivity contribution in [1.82, 2.24) is 0 Å². The molecule has 12 nitrogen and oxygen atoms in total. The summed E-state index contributed by atoms with van der Waals surface area (Å²) < 4.78 is 32.5. The summed E-state index contributed by atoms with van der Waals surface area (Å²) in [7, 11) is -4.77. The first-order valence-corrected chi connectivity index (χ1v) is 23.5. The minimum absolute atomic E-state index is 0.00317. The van der Waals surface area contributed by atoms with Crippen molar-refractivity contribution in [2.75, 3.05) is 19.8 Å². The largest absolute Gasteiger partial charge is 0.480 e. The number of phosphoric ester groups is 1. The summed E-state index contributed by atoms with van der Waals surface area (Å²) >= 11 is 0. The Bertz CT molecular complexity index is 1460. The van der Waals surface area contributed by atoms with E-state index >= 15 is 0 Å². The molecule has 4 atom stereocenters. The molecule has 2 unspecified atom stereocenters. The van der Waals surface area contributed by atoms with E-state index < -0.39 is 63.8 Å². The van der Waals surface area contributed by atoms with Crippen molar-refractivity contribution in [2.24, 2.45) is 5.73 Å². The van der Waals surface area contributed by atoms with Gasteiger partial charge in [-0.15, -0.1) is 0 Å². The van der Waals surface area contributed by atoms with Gasteiger partial charge in [0.25, 0.3) is 0 Å². The molecule has 0 aromatic carbocycles. The van der Waals surface area contributed by atoms with E-state index in [4.69, 9.17) is 24.8 Å². The van der Waals surface area contributed by atoms with Crippen LogP contribution in [-0.4, -0.2) is 71.1 Å². The van der Waals surface area contributed by atoms with Crippen molar-refractivity contribution in [3.8, 4) is 0 Å². The Morgan fingerprint density at radius 2 is 1.15 bits per heavy atom. The van der Waals surface area contributed by atoms with E-state index in [9.17, 15) is 28.9 Å². The molecule has 344 valence electrons. The lowest BCUT2D eigenvalue weighted by Crippen LogP contribution is -2.34. The van der Waals surface area contributed by atoms with Gasteiger partial charge < -0.3 is 30.3 Å². The number of aliphatic hydroxyl groups excluding tert-OH is 1. The van der Waals surface area contributed by atoms with Gasteiger partial charge in [-0.2, -0.15) is 0 Å². The summed E-state index contributed by atoms with van der Waals surface area (Å²) in [5.74, 6) is -2.60. The van der Waals surface area contributed by atoms with E-state index in [1.165, 1.54) is 38.5 Å². The molecule has 0 spiro atoms. The predicted octanol–water partition coefficient (Wildman–Crippen LogP) is 10.8. The van der Waals surface area contributed by atoms with Crippen LogP contribution in [0.3, 0.4) is 0 Å². The van der Waals surface area contributed by atoms with Gasteiger partial charge >= 0.3 is 25.7 Å². The molecule has 0 aliphatic heterocycles. The van der Waals surface area contributed by atoms with Crippen LogP contribution in [0.25, 0.3) is 0 Å². The highest BCUT2D eigenvalue weighted by Crippen LogP contribution is 2.43. The number of esters is 2. The Balaban J connectivity index is 4.63. The van der Waals surface area contributed by atoms with Gasteiger partial charge in [0.1, 0.15) is 12.6 Å². The lowest BCUT2D eigenvalue weighted by atomic mass is 10.1. The second kappa shape index (κ2) is 41.5. The zero-order chi connectivity index (χ0) is 45.1. The highest BCUT2D eigenvalue weighted by molar-refractivity contribution is 7.47. The van der Waals surface area contributed by atoms with Crippen LogP contribution in [-0.2, 0) is 37.5 Å². The van der Waals surface area contributed by atoms with Gasteiger partial charge in [-0.3, -0.25) is 23.4 Å². The fourth-order valence-electron chi connectivity index (χ4n) is 5.13. The second-order valence-corrected chi connectivity index (χ2v) is 15.7. The molecule has 0 aromatic heterocycles. The molecule has 0 fully saturated rings. The molecule has 0 saturated carbocycles. The Kier molecular flexibility index (Phi) is 38.8. The minimum atomic E-state index is -4.77. The number of ether oxygens (including phenoxy) is 2. The molecular weight excluding hydrogens is 797 g/mol. The van der Waals surface area contributed by atoms with Crippen LogP contribution in [0.4, 0.5) is 0 Å². The van der Waals surface area contributed by atoms with Gasteiger partial charge in [0, 0.05) is 12.8 Å². The standard InChI is InChI=1S/C48H76NO11P/c1-3-5-7-8-9-10-11-12-13-14-15-18-21-24-27-30-34-38-46(51)57-40-44(41-58-61(55,56)59-42-45(49)48(53)54)60-47(52)39-35-31-28-25-22-19-16-17-20-23-26-29-33-37-43(50)36-32-6-4-2/h6,12-13,15,17-20,22,24,26-29,31-33,37,43-45,50H,3-5,7-11,14,16,21,23,25,30,34-36,38-42,49H2,1-2H3,(H,53,54)(H,55,56)/b13-12-,18-15-,20-17-,22-19-,27-24-,29-26+,31-28-,32-6-,37-33+/t43?,44-,45+/m1/s1. The van der Waals surface area contributed by atoms with Crippen LogP contribution >= 0.6 is 7.82 Å². The number of carbonyl (C=O) groups is 3. The summed E-state index contributed by atoms with van der Waals surface area (Å²) in [6.07, 6.45) is 50.8. The molecule has 0 rings (SSSR count). The molecule has 0 aliphatic rings. The number of allylic oxidation sites excluding steroid dienone is 16. The van der Waals surface area contributed by atoms with E-state index in [0.717, 1.165) is 38.5 Å². The monoisotopic (exact) mass is 874 g/mol. The maximum Gasteiger partial charge on any atom is 0.472 e. The Morgan fingerprint density at radius 1 is 0.607 bits per heavy atom. The highest BCUT2D eigenvalue weighted by Gasteiger charge is 2.28. The molecule has 61 heavy (non-hydrogen) atoms. The van der Waals surface area contributed by atoms with Crippen LogP contribution in [0.15, 0.2) is 109 Å². The lowest BCUT2D eigenvalue weighted by Gasteiger charge is -2.20. The Labute approximate surface area is 366 Å². The predicted molar refractivity (Wildman–Crippen MR) is 246 cm³/mol. The number of nitrogens with two attached hydrogens (primary N) is 1. The molecule has 5 N–H and O–H groups in total. The number of carboxylic acid groups (broad SMARTS) is 1. The fourth-order valence-corrected chi connectivity index (χ4v) is 5.91. The number of hydrogen-bond donors (Lipinski definition) is 4. The van der Waals surface area contributed by atoms with Gasteiger partial charge in [0.05, 0.1) is 19.3 Å². The SMILES string of the molecule is CC/C=C\CC(O)/C=C/C=C/C/C=C\C/C=C\C/C=C\CCC(=O)O[C@H](COC(=O)CCC/C=C\C/C=C\C/C=C\CCCCCCCC)COP(=O)(O)OC[C@H](N)C(=O)O. The lowest BCUT2D eigenvalue weighted by molar-refractivity contribution is -0.161. The first kappa shape index (κ1) is 57.1. The van der Waals surface area contributed by atoms with Gasteiger partial charge in [0.2, 0.25) is 0 Å². The maximum atomic E-state index is 12.6. The van der Waals surface area contributed by atoms with Crippen molar-refractivity contribution in [3.63, 3.8) is 0 Å². The molecule has 0 saturated heterocycles. The number of phosphoric acid groups is 1. The average Bonchev–Trinajstić information content (AvgIpc) is 3.23. The van der Waals surface area contributed by atoms with Gasteiger partial charge in [0.15, 0.2) is 6.10 Å². The average molecular weight is 874 g/mol. The number of unbranched alkanes of at least 4 members (excludes halogenated alkanes) is 7. The summed E-state index contributed by atoms with van der Waals surface area (Å²) in [6, 6.07) is -1.55. The zero-order valence-electron chi connectivity index (χ0n) is 36.8. The molecular formula is C48H76NO11P. The van der Waals surface area contributed by atoms with E-state index in [2.05, 4.69) is 54.8 Å². The van der Waals surface area contributed by atoms with Crippen LogP contribution in [0.1, 0.15) is 136 Å². The summed E-state index contributed by atoms with van der Waals surface area (Å²) in [4.78, 5) is 45.9. The Morgan fingerprint density at radius 3 is 1.75 bits per heavy atom. The molecule has 0 heterocycles. The number of hydrogen-bond acceptors (Lipinski definition) is 10. The summed E-state index contributed by atoms with van der Waals surface area (Å²) in [5, 5.41) is 18.7. The van der Waals surface area contributed by atoms with Crippen LogP contribution in [0.2, 0.25) is 0 Å². The third-order valence-electron chi connectivity index (χ3n) is 8.60. The molecule has 0 aliphatic carbocycles. The topological polar surface area (TPSA) is 192 Å². The number of aliphatic carboxylic acids is 1. The third kappa shape index (κ3) is 41.2. The molecule has 13 heteroatoms. The quantitative estimate of drug-likeness (QED) is 0.0150. The number of carbonyl (C=O) groups excluding carboxylic acids is 2. The second-order valence-electron chi connectivity index (χ2n) is 14.3. The number of carboxylic acids is 1. The van der Waals surface area contributed by atoms with Crippen molar-refractivity contribution in [3.05, 3.63) is 109 Å². The first-order chi connectivity index (χ1) is 29.5. The molecule has 0 radical (unpaired) electrons. The van der Waals surface area contributed by atoms with E-state index in [1.54, 1.807) is 6.08 Å². The van der Waals surface area contributed by atoms with Crippen LogP contribution < -0.4 is 5.73 Å². The van der Waals surface area contributed by atoms with Crippen molar-refractivity contribution >= 4 is 25.7 Å². The zero-order valence-corrected chi connectivity index (χ0v) is 37.7. The first-order valence-electron chi connectivity index (χ1n) is 22.0. The number of aliphatic hydroxyl groups is 1. The fraction of sp³-hybridized carbons (Fsp3) is 0.562. The van der Waals surface area contributed by atoms with Crippen molar-refractivity contribution in [2.45, 2.75) is 154 Å². The van der Waals surface area contributed by atoms with Gasteiger partial charge in [-0.25, -0.2) is 4.57 Å². The normalized spacial score (nSPS) is 15.2. The van der Waals surface area contributed by atoms with Crippen LogP contribution in [0, 0.1) is 0 Å². The van der Waals surface area contributed by atoms with Gasteiger partial charge in [-0.1, -0.05) is 155 Å². The van der Waals surface area contributed by atoms with E-state index in [0.29, 0.717) is 32.1 Å². The summed E-state index contributed by atoms with van der Waals surface area (Å²) in [6.45, 7) is 2.43. The minimum Gasteiger partial charge on any atom is -0.480 e. The maximum absolute atomic E-state index is 12.6. The highest BCUT2D eigenvalue weighted by atomic mass is 31.2. The molecule has 0 amide bonds. The van der Waals surface area contributed by atoms with Gasteiger partial charge in [-0.05, 0) is 77.0 Å². The molecule has 0 bridgehead atoms. The summed E-state index contributed by atoms with van der Waals surface area (Å²) in [5.41, 5.74) is 5.32. The van der Waals surface area contributed by atoms with E-state index in [-0.39, 0.29) is 12.8 Å². The van der Waals surface area contributed by atoms with Crippen LogP contribution in [0.5, 0.6) is 0 Å².